The Balaban J connectivity index is 1.34. The number of aromatic nitrogens is 1. The predicted molar refractivity (Wildman–Crippen MR) is 119 cm³/mol. The number of nitrogens with zero attached hydrogens (tertiary/aromatic N) is 1. The summed E-state index contributed by atoms with van der Waals surface area (Å²) < 4.78 is 0. The molecule has 5 heteroatoms. The van der Waals surface area contributed by atoms with Crippen molar-refractivity contribution in [3.63, 3.8) is 0 Å². The molecule has 0 spiro atoms. The highest BCUT2D eigenvalue weighted by molar-refractivity contribution is 6.04. The molecule has 1 aromatic carbocycles. The lowest BCUT2D eigenvalue weighted by molar-refractivity contribution is -0.129. The second-order valence-corrected chi connectivity index (χ2v) is 10.1. The smallest absolute Gasteiger partial charge is 0.171 e. The van der Waals surface area contributed by atoms with Crippen LogP contribution in [0.3, 0.4) is 0 Å². The summed E-state index contributed by atoms with van der Waals surface area (Å²) in [6.45, 7) is 0. The Morgan fingerprint density at radius 1 is 1.16 bits per heavy atom. The second-order valence-electron chi connectivity index (χ2n) is 10.1. The number of aliphatic hydroxyl groups is 1. The van der Waals surface area contributed by atoms with Gasteiger partial charge in [-0.25, -0.2) is 0 Å². The minimum Gasteiger partial charge on any atom is -0.508 e. The van der Waals surface area contributed by atoms with Crippen molar-refractivity contribution in [2.75, 3.05) is 5.32 Å². The van der Waals surface area contributed by atoms with Crippen LogP contribution < -0.4 is 5.32 Å². The molecule has 7 rings (SSSR count). The van der Waals surface area contributed by atoms with Gasteiger partial charge in [-0.1, -0.05) is 30.4 Å². The van der Waals surface area contributed by atoms with Gasteiger partial charge in [0.05, 0.1) is 22.5 Å². The summed E-state index contributed by atoms with van der Waals surface area (Å²) >= 11 is 0. The van der Waals surface area contributed by atoms with Gasteiger partial charge in [0.1, 0.15) is 5.75 Å². The van der Waals surface area contributed by atoms with Crippen LogP contribution in [0.5, 0.6) is 5.75 Å². The van der Waals surface area contributed by atoms with Gasteiger partial charge in [0, 0.05) is 36.2 Å². The number of para-hydroxylation sites is 1. The molecule has 5 aliphatic rings. The van der Waals surface area contributed by atoms with E-state index in [1.54, 1.807) is 24.4 Å². The van der Waals surface area contributed by atoms with Crippen LogP contribution in [0.15, 0.2) is 36.5 Å². The number of Topliss-reactive ketones (excluding diaryl/α,β-unsaturated/α-hetero) is 1. The van der Waals surface area contributed by atoms with E-state index >= 15 is 0 Å². The highest BCUT2D eigenvalue weighted by atomic mass is 16.3. The summed E-state index contributed by atoms with van der Waals surface area (Å²) in [6, 6.07) is 7.29. The number of phenols is 1. The normalized spacial score (nSPS) is 32.3. The predicted octanol–water partition coefficient (Wildman–Crippen LogP) is 4.13. The summed E-state index contributed by atoms with van der Waals surface area (Å²) in [6.07, 6.45) is 11.8. The van der Waals surface area contributed by atoms with Crippen molar-refractivity contribution in [3.05, 3.63) is 58.9 Å². The first kappa shape index (κ1) is 19.1. The number of carbonyl (C=O) groups excluding carboxylic acids is 1. The number of ketones is 1. The van der Waals surface area contributed by atoms with E-state index in [0.29, 0.717) is 28.9 Å². The van der Waals surface area contributed by atoms with E-state index in [-0.39, 0.29) is 24.0 Å². The number of hydrogen-bond donors (Lipinski definition) is 3. The number of anilines is 1. The third-order valence-electron chi connectivity index (χ3n) is 7.99. The Labute approximate surface area is 182 Å². The molecule has 3 N–H and O–H groups in total. The van der Waals surface area contributed by atoms with E-state index < -0.39 is 5.60 Å². The number of fused-ring (bicyclic) bond motifs is 1. The highest BCUT2D eigenvalue weighted by Crippen LogP contribution is 2.56. The summed E-state index contributed by atoms with van der Waals surface area (Å²) in [4.78, 5) is 17.9. The largest absolute Gasteiger partial charge is 0.508 e. The fraction of sp³-hybridized carbons (Fsp3) is 0.462. The second kappa shape index (κ2) is 6.92. The van der Waals surface area contributed by atoms with Crippen LogP contribution in [0.1, 0.15) is 59.3 Å². The molecule has 3 unspecified atom stereocenters. The number of nitrogens with one attached hydrogen (secondary N) is 1. The number of carbonyl (C=O) groups is 1. The minimum atomic E-state index is -0.474. The van der Waals surface area contributed by atoms with Crippen molar-refractivity contribution in [1.29, 1.82) is 0 Å². The molecule has 0 radical (unpaired) electrons. The molecule has 0 saturated heterocycles. The molecule has 5 aliphatic carbocycles. The lowest BCUT2D eigenvalue weighted by Crippen LogP contribution is -2.59. The van der Waals surface area contributed by atoms with Gasteiger partial charge in [0.25, 0.3) is 0 Å². The minimum absolute atomic E-state index is 0.0398. The standard InChI is InChI=1S/C26H28N2O3/c29-22-7-2-1-4-16(22)10-23(30)20-14-27-21-6-3-5-19(21)25(20)28-24-17-8-15-9-18(24)13-26(31,11-15)12-17/h1-5,7,14-15,17-18,24,29,31H,6,8-13H2,(H,27,28)/t15?,17-,18+,24?,26?. The zero-order chi connectivity index (χ0) is 21.2. The summed E-state index contributed by atoms with van der Waals surface area (Å²) in [7, 11) is 0. The maximum atomic E-state index is 13.3. The average molecular weight is 417 g/mol. The van der Waals surface area contributed by atoms with Crippen LogP contribution in [0, 0.1) is 17.8 Å². The molecule has 1 aromatic heterocycles. The van der Waals surface area contributed by atoms with Gasteiger partial charge in [-0.3, -0.25) is 9.78 Å². The topological polar surface area (TPSA) is 82.5 Å². The fourth-order valence-electron chi connectivity index (χ4n) is 6.88. The number of pyridine rings is 1. The molecule has 4 fully saturated rings. The van der Waals surface area contributed by atoms with Crippen LogP contribution in [-0.2, 0) is 12.8 Å². The van der Waals surface area contributed by atoms with Crippen LogP contribution in [0.4, 0.5) is 5.69 Å². The lowest BCUT2D eigenvalue weighted by Gasteiger charge is -2.58. The lowest BCUT2D eigenvalue weighted by atomic mass is 9.52. The number of phenolic OH excluding ortho intramolecular Hbond substituents is 1. The Kier molecular flexibility index (Phi) is 4.26. The van der Waals surface area contributed by atoms with Crippen LogP contribution in [0.25, 0.3) is 6.08 Å². The van der Waals surface area contributed by atoms with Crippen molar-refractivity contribution < 1.29 is 15.0 Å². The summed E-state index contributed by atoms with van der Waals surface area (Å²) in [5.74, 6) is 1.65. The van der Waals surface area contributed by atoms with Crippen molar-refractivity contribution in [2.24, 2.45) is 17.8 Å². The van der Waals surface area contributed by atoms with Gasteiger partial charge < -0.3 is 15.5 Å². The zero-order valence-electron chi connectivity index (χ0n) is 17.6. The quantitative estimate of drug-likeness (QED) is 0.639. The molecule has 160 valence electrons. The molecule has 5 atom stereocenters. The van der Waals surface area contributed by atoms with Crippen LogP contribution >= 0.6 is 0 Å². The summed E-state index contributed by atoms with van der Waals surface area (Å²) in [5.41, 5.74) is 3.67. The average Bonchev–Trinajstić information content (AvgIpc) is 3.20. The van der Waals surface area contributed by atoms with Gasteiger partial charge in [0.15, 0.2) is 5.78 Å². The molecule has 2 aromatic rings. The molecule has 1 heterocycles. The molecule has 0 aliphatic heterocycles. The van der Waals surface area contributed by atoms with E-state index in [1.165, 1.54) is 12.8 Å². The maximum Gasteiger partial charge on any atom is 0.171 e. The van der Waals surface area contributed by atoms with E-state index in [4.69, 9.17) is 0 Å². The number of rotatable bonds is 5. The molecule has 0 amide bonds. The van der Waals surface area contributed by atoms with E-state index in [9.17, 15) is 15.0 Å². The molecule has 31 heavy (non-hydrogen) atoms. The molecule has 5 nitrogen and oxygen atoms in total. The maximum absolute atomic E-state index is 13.3. The fourth-order valence-corrected chi connectivity index (χ4v) is 6.88. The van der Waals surface area contributed by atoms with E-state index in [0.717, 1.165) is 42.6 Å². The number of benzene rings is 1. The molecular formula is C26H28N2O3. The van der Waals surface area contributed by atoms with Gasteiger partial charge >= 0.3 is 0 Å². The van der Waals surface area contributed by atoms with Gasteiger partial charge in [-0.2, -0.15) is 0 Å². The number of allylic oxidation sites excluding steroid dienone is 1. The van der Waals surface area contributed by atoms with Gasteiger partial charge in [-0.05, 0) is 55.9 Å². The Morgan fingerprint density at radius 3 is 2.68 bits per heavy atom. The van der Waals surface area contributed by atoms with E-state index in [1.807, 2.05) is 6.07 Å². The highest BCUT2D eigenvalue weighted by Gasteiger charge is 2.54. The zero-order valence-corrected chi connectivity index (χ0v) is 17.6. The molecule has 4 bridgehead atoms. The number of aromatic hydroxyl groups is 1. The first-order valence-corrected chi connectivity index (χ1v) is 11.5. The molecule has 4 saturated carbocycles. The van der Waals surface area contributed by atoms with E-state index in [2.05, 4.69) is 22.5 Å². The van der Waals surface area contributed by atoms with Crippen molar-refractivity contribution >= 4 is 17.5 Å². The Morgan fingerprint density at radius 2 is 1.94 bits per heavy atom. The first-order chi connectivity index (χ1) is 15.0. The third-order valence-corrected chi connectivity index (χ3v) is 7.99. The van der Waals surface area contributed by atoms with Gasteiger partial charge in [-0.15, -0.1) is 0 Å². The third kappa shape index (κ3) is 3.18. The van der Waals surface area contributed by atoms with Crippen molar-refractivity contribution in [2.45, 2.75) is 56.6 Å². The van der Waals surface area contributed by atoms with Crippen LogP contribution in [-0.4, -0.2) is 32.6 Å². The molecular weight excluding hydrogens is 388 g/mol. The van der Waals surface area contributed by atoms with Crippen molar-refractivity contribution in [1.82, 2.24) is 4.98 Å². The summed E-state index contributed by atoms with van der Waals surface area (Å²) in [5, 5.41) is 24.9. The number of hydrogen-bond acceptors (Lipinski definition) is 5. The monoisotopic (exact) mass is 416 g/mol. The van der Waals surface area contributed by atoms with Crippen LogP contribution in [0.2, 0.25) is 0 Å². The van der Waals surface area contributed by atoms with Crippen molar-refractivity contribution in [3.8, 4) is 5.75 Å². The van der Waals surface area contributed by atoms with Gasteiger partial charge in [0.2, 0.25) is 0 Å². The Hall–Kier alpha value is -2.66. The first-order valence-electron chi connectivity index (χ1n) is 11.5. The Bertz CT molecular complexity index is 1080. The SMILES string of the molecule is O=C(Cc1ccccc1O)c1cnc2c(c1NC1[C@@H]3CC4C[C@H]1CC(O)(C4)C3)C=CC2.